The third-order valence-electron chi connectivity index (χ3n) is 5.16. The first-order valence-electron chi connectivity index (χ1n) is 10.7. The van der Waals surface area contributed by atoms with Crippen LogP contribution in [0.2, 0.25) is 0 Å². The molecule has 1 atom stereocenters. The Hall–Kier alpha value is -0.940. The van der Waals surface area contributed by atoms with Crippen molar-refractivity contribution >= 4 is 11.8 Å². The highest BCUT2D eigenvalue weighted by atomic mass is 16.4. The molecule has 0 bridgehead atoms. The lowest BCUT2D eigenvalue weighted by Crippen LogP contribution is -2.55. The number of Topliss-reactive ketones (excluding diaryl/α,β-unsaturated/α-hetero) is 1. The minimum atomic E-state index is -1.75. The first-order valence-corrected chi connectivity index (χ1v) is 10.7. The average Bonchev–Trinajstić information content (AvgIpc) is 2.63. The second-order valence-electron chi connectivity index (χ2n) is 7.58. The molecule has 5 nitrogen and oxygen atoms in total. The molecule has 0 rings (SSSR count). The van der Waals surface area contributed by atoms with Crippen LogP contribution in [0.1, 0.15) is 110 Å². The zero-order valence-corrected chi connectivity index (χ0v) is 16.9. The van der Waals surface area contributed by atoms with E-state index in [2.05, 4.69) is 6.92 Å². The summed E-state index contributed by atoms with van der Waals surface area (Å²) < 4.78 is 0. The maximum absolute atomic E-state index is 12.2. The van der Waals surface area contributed by atoms with Crippen molar-refractivity contribution in [3.05, 3.63) is 0 Å². The fourth-order valence-electron chi connectivity index (χ4n) is 3.27. The Kier molecular flexibility index (Phi) is 15.7. The third-order valence-corrected chi connectivity index (χ3v) is 5.16. The molecule has 0 aliphatic heterocycles. The molecular weight excluding hydrogens is 328 g/mol. The summed E-state index contributed by atoms with van der Waals surface area (Å²) in [6.07, 6.45) is 16.9. The maximum Gasteiger partial charge on any atom is 0.331 e. The van der Waals surface area contributed by atoms with Crippen molar-refractivity contribution in [2.45, 2.75) is 115 Å². The summed E-state index contributed by atoms with van der Waals surface area (Å²) >= 11 is 0. The number of carboxylic acid groups (broad SMARTS) is 1. The average molecular weight is 371 g/mol. The van der Waals surface area contributed by atoms with Gasteiger partial charge in [-0.3, -0.25) is 4.79 Å². The Labute approximate surface area is 160 Å². The molecule has 5 N–H and O–H groups in total. The van der Waals surface area contributed by atoms with Crippen LogP contribution >= 0.6 is 0 Å². The number of hydrogen-bond donors (Lipinski definition) is 3. The van der Waals surface area contributed by atoms with Gasteiger partial charge in [0, 0.05) is 6.42 Å². The van der Waals surface area contributed by atoms with Gasteiger partial charge in [0.25, 0.3) is 0 Å². The SMILES string of the molecule is CCCCCCCCCCCCCCCC(=O)C(N)(CCCN)C(=O)O. The maximum atomic E-state index is 12.2. The number of carbonyl (C=O) groups excluding carboxylic acids is 1. The summed E-state index contributed by atoms with van der Waals surface area (Å²) in [6, 6.07) is 0. The quantitative estimate of drug-likeness (QED) is 0.228. The first kappa shape index (κ1) is 25.1. The van der Waals surface area contributed by atoms with Gasteiger partial charge >= 0.3 is 5.97 Å². The molecule has 0 amide bonds. The van der Waals surface area contributed by atoms with E-state index in [1.54, 1.807) is 0 Å². The summed E-state index contributed by atoms with van der Waals surface area (Å²) in [6.45, 7) is 2.59. The smallest absolute Gasteiger partial charge is 0.331 e. The predicted molar refractivity (Wildman–Crippen MR) is 108 cm³/mol. The Bertz CT molecular complexity index is 374. The summed E-state index contributed by atoms with van der Waals surface area (Å²) in [5, 5.41) is 9.25. The lowest BCUT2D eigenvalue weighted by atomic mass is 9.87. The van der Waals surface area contributed by atoms with Crippen molar-refractivity contribution < 1.29 is 14.7 Å². The van der Waals surface area contributed by atoms with Gasteiger partial charge in [-0.1, -0.05) is 84.0 Å². The number of carbonyl (C=O) groups is 2. The fraction of sp³-hybridized carbons (Fsp3) is 0.905. The topological polar surface area (TPSA) is 106 Å². The summed E-state index contributed by atoms with van der Waals surface area (Å²) in [5.74, 6) is -1.59. The molecule has 0 aromatic carbocycles. The van der Waals surface area contributed by atoms with E-state index in [1.807, 2.05) is 0 Å². The number of unbranched alkanes of at least 4 members (excludes halogenated alkanes) is 12. The van der Waals surface area contributed by atoms with Gasteiger partial charge in [-0.05, 0) is 25.8 Å². The van der Waals surface area contributed by atoms with E-state index in [0.717, 1.165) is 19.3 Å². The molecule has 0 fully saturated rings. The molecule has 154 valence electrons. The fourth-order valence-corrected chi connectivity index (χ4v) is 3.27. The molecule has 1 unspecified atom stereocenters. The summed E-state index contributed by atoms with van der Waals surface area (Å²) in [5.41, 5.74) is 9.46. The van der Waals surface area contributed by atoms with E-state index in [4.69, 9.17) is 11.5 Å². The molecule has 0 spiro atoms. The van der Waals surface area contributed by atoms with Gasteiger partial charge < -0.3 is 16.6 Å². The number of nitrogens with two attached hydrogens (primary N) is 2. The van der Waals surface area contributed by atoms with E-state index in [9.17, 15) is 14.7 Å². The number of rotatable bonds is 19. The van der Waals surface area contributed by atoms with Gasteiger partial charge in [-0.15, -0.1) is 0 Å². The van der Waals surface area contributed by atoms with Crippen molar-refractivity contribution in [1.82, 2.24) is 0 Å². The minimum Gasteiger partial charge on any atom is -0.480 e. The van der Waals surface area contributed by atoms with E-state index >= 15 is 0 Å². The van der Waals surface area contributed by atoms with Crippen LogP contribution in [0.3, 0.4) is 0 Å². The van der Waals surface area contributed by atoms with Gasteiger partial charge in [0.15, 0.2) is 11.3 Å². The van der Waals surface area contributed by atoms with Crippen LogP contribution in [0, 0.1) is 0 Å². The van der Waals surface area contributed by atoms with Crippen LogP contribution in [-0.2, 0) is 9.59 Å². The van der Waals surface area contributed by atoms with Crippen molar-refractivity contribution in [2.75, 3.05) is 6.54 Å². The molecule has 0 aliphatic rings. The highest BCUT2D eigenvalue weighted by molar-refractivity contribution is 6.07. The van der Waals surface area contributed by atoms with Crippen molar-refractivity contribution in [1.29, 1.82) is 0 Å². The molecule has 0 saturated carbocycles. The first-order chi connectivity index (χ1) is 12.5. The molecule has 0 aliphatic carbocycles. The van der Waals surface area contributed by atoms with Gasteiger partial charge in [0.05, 0.1) is 0 Å². The monoisotopic (exact) mass is 370 g/mol. The van der Waals surface area contributed by atoms with Crippen molar-refractivity contribution in [3.8, 4) is 0 Å². The molecule has 26 heavy (non-hydrogen) atoms. The Balaban J connectivity index is 3.61. The van der Waals surface area contributed by atoms with Crippen LogP contribution in [0.15, 0.2) is 0 Å². The molecule has 0 radical (unpaired) electrons. The van der Waals surface area contributed by atoms with Gasteiger partial charge in [0.1, 0.15) is 0 Å². The molecule has 5 heteroatoms. The zero-order valence-electron chi connectivity index (χ0n) is 16.9. The van der Waals surface area contributed by atoms with Gasteiger partial charge in [-0.2, -0.15) is 0 Å². The molecule has 0 saturated heterocycles. The van der Waals surface area contributed by atoms with Gasteiger partial charge in [-0.25, -0.2) is 4.79 Å². The van der Waals surface area contributed by atoms with Crippen LogP contribution in [0.4, 0.5) is 0 Å². The highest BCUT2D eigenvalue weighted by Crippen LogP contribution is 2.17. The van der Waals surface area contributed by atoms with Crippen LogP contribution < -0.4 is 11.5 Å². The number of aliphatic carboxylic acids is 1. The molecular formula is C21H42N2O3. The van der Waals surface area contributed by atoms with E-state index in [-0.39, 0.29) is 18.6 Å². The van der Waals surface area contributed by atoms with E-state index < -0.39 is 11.5 Å². The lowest BCUT2D eigenvalue weighted by Gasteiger charge is -2.22. The molecule has 0 aromatic heterocycles. The van der Waals surface area contributed by atoms with Crippen LogP contribution in [0.25, 0.3) is 0 Å². The van der Waals surface area contributed by atoms with E-state index in [0.29, 0.717) is 13.0 Å². The van der Waals surface area contributed by atoms with E-state index in [1.165, 1.54) is 64.2 Å². The second-order valence-corrected chi connectivity index (χ2v) is 7.58. The standard InChI is InChI=1S/C21H42N2O3/c1-2-3-4-5-6-7-8-9-10-11-12-13-14-16-19(24)21(23,20(25)26)17-15-18-22/h2-18,22-23H2,1H3,(H,25,26). The number of carboxylic acids is 1. The summed E-state index contributed by atoms with van der Waals surface area (Å²) in [7, 11) is 0. The largest absolute Gasteiger partial charge is 0.480 e. The second kappa shape index (κ2) is 16.2. The summed E-state index contributed by atoms with van der Waals surface area (Å²) in [4.78, 5) is 23.5. The third kappa shape index (κ3) is 11.6. The molecule has 0 aromatic rings. The Morgan fingerprint density at radius 1 is 0.769 bits per heavy atom. The van der Waals surface area contributed by atoms with Crippen LogP contribution in [-0.4, -0.2) is 28.9 Å². The van der Waals surface area contributed by atoms with Crippen LogP contribution in [0.5, 0.6) is 0 Å². The Morgan fingerprint density at radius 3 is 1.58 bits per heavy atom. The van der Waals surface area contributed by atoms with Crippen molar-refractivity contribution in [2.24, 2.45) is 11.5 Å². The van der Waals surface area contributed by atoms with Crippen molar-refractivity contribution in [3.63, 3.8) is 0 Å². The predicted octanol–water partition coefficient (Wildman–Crippen LogP) is 4.56. The lowest BCUT2D eigenvalue weighted by molar-refractivity contribution is -0.148. The molecule has 0 heterocycles. The highest BCUT2D eigenvalue weighted by Gasteiger charge is 2.40. The van der Waals surface area contributed by atoms with Gasteiger partial charge in [0.2, 0.25) is 0 Å². The number of hydrogen-bond acceptors (Lipinski definition) is 4. The Morgan fingerprint density at radius 2 is 1.19 bits per heavy atom. The minimum absolute atomic E-state index is 0.121. The number of ketones is 1. The zero-order chi connectivity index (χ0) is 19.7. The normalized spacial score (nSPS) is 13.5.